The number of benzene rings is 8. The molecule has 0 radical (unpaired) electrons. The molecule has 0 unspecified atom stereocenters. The van der Waals surface area contributed by atoms with Crippen molar-refractivity contribution in [2.45, 2.75) is 0 Å². The first-order chi connectivity index (χ1) is 38.3. The summed E-state index contributed by atoms with van der Waals surface area (Å²) in [4.78, 5) is 9.23. The Balaban J connectivity index is 1.45. The molecule has 0 atom stereocenters. The monoisotopic (exact) mass is 692 g/mol. The zero-order valence-corrected chi connectivity index (χ0v) is 25.8. The van der Waals surface area contributed by atoms with Crippen LogP contribution in [0.2, 0.25) is 0 Å². The summed E-state index contributed by atoms with van der Waals surface area (Å²) in [6.45, 7) is 0. The fourth-order valence-corrected chi connectivity index (χ4v) is 6.23. The molecule has 0 saturated carbocycles. The van der Waals surface area contributed by atoms with E-state index in [9.17, 15) is 16.4 Å². The largest absolute Gasteiger partial charge is 0.309 e. The van der Waals surface area contributed by atoms with E-state index in [1.807, 2.05) is 0 Å². The van der Waals surface area contributed by atoms with Gasteiger partial charge in [-0.3, -0.25) is 4.57 Å². The SMILES string of the molecule is [2H]c1c([2H])c([2H])c(-c2c([2H])c([2H])c3nc(-n4c5c([2H])c([2H])c([2H])c([2H])c5c5c6c7c([2H])c([2H])c([2H])c([2H])c7n(-c7c([2H])c([2H])c([2H])c([2H])c7[2H])c6c([2H])c([2H])c54)nc(-c4c([2H])c([2H])c5c([2H])c([2H])c([2H])c([2H])c5c4[2H])c3c2[2H])c([2H])c1[2H]. The van der Waals surface area contributed by atoms with Crippen molar-refractivity contribution in [3.8, 4) is 34.0 Å². The molecule has 0 fully saturated rings. The highest BCUT2D eigenvalue weighted by Gasteiger charge is 2.22. The van der Waals surface area contributed by atoms with Crippen LogP contribution in [0.3, 0.4) is 0 Å². The summed E-state index contributed by atoms with van der Waals surface area (Å²) in [6, 6.07) is -27.9. The lowest BCUT2D eigenvalue weighted by atomic mass is 9.99. The number of rotatable bonds is 4. The molecule has 4 nitrogen and oxygen atoms in total. The Morgan fingerprint density at radius 2 is 0.981 bits per heavy atom. The molecule has 0 amide bonds. The standard InChI is InChI=1S/C48H30N4/c1-3-13-31(14-4-1)34-25-26-40-39(30-34)47(35-24-23-32-15-7-8-16-33(32)29-35)50-48(49-40)52-42-22-12-10-20-38(42)46-44(52)28-27-43-45(46)37-19-9-11-21-41(37)51(43)36-17-5-2-6-18-36/h1-30H/i1D,2D,3D,4D,5D,6D,7D,8D,9D,10D,11D,12D,13D,14D,15D,16D,17D,18D,19D,20D,21D,22D,23D,24D,25D,26D,27D,28D,29D,30D. The lowest BCUT2D eigenvalue weighted by molar-refractivity contribution is 1.01. The van der Waals surface area contributed by atoms with Gasteiger partial charge in [0.2, 0.25) is 5.95 Å². The van der Waals surface area contributed by atoms with Crippen molar-refractivity contribution < 1.29 is 41.1 Å². The first-order valence-electron chi connectivity index (χ1n) is 30.2. The molecule has 242 valence electrons. The highest BCUT2D eigenvalue weighted by molar-refractivity contribution is 6.28. The van der Waals surface area contributed by atoms with Gasteiger partial charge in [0.05, 0.1) is 74.4 Å². The number of nitrogens with zero attached hydrogens (tertiary/aromatic N) is 4. The summed E-state index contributed by atoms with van der Waals surface area (Å²) < 4.78 is 271. The van der Waals surface area contributed by atoms with E-state index in [0.717, 1.165) is 9.13 Å². The van der Waals surface area contributed by atoms with Crippen LogP contribution in [0.5, 0.6) is 0 Å². The Hall–Kier alpha value is -7.04. The summed E-state index contributed by atoms with van der Waals surface area (Å²) in [7, 11) is 0. The van der Waals surface area contributed by atoms with Crippen LogP contribution in [0.1, 0.15) is 41.1 Å². The van der Waals surface area contributed by atoms with Gasteiger partial charge in [0, 0.05) is 38.2 Å². The maximum absolute atomic E-state index is 9.87. The highest BCUT2D eigenvalue weighted by Crippen LogP contribution is 2.42. The van der Waals surface area contributed by atoms with Crippen LogP contribution in [0.25, 0.3) is 99.3 Å². The van der Waals surface area contributed by atoms with E-state index < -0.39 is 281 Å². The van der Waals surface area contributed by atoms with Gasteiger partial charge in [0.15, 0.2) is 0 Å². The molecule has 0 saturated heterocycles. The molecular weight excluding hydrogens is 633 g/mol. The van der Waals surface area contributed by atoms with Crippen LogP contribution in [0.4, 0.5) is 0 Å². The zero-order chi connectivity index (χ0) is 60.3. The maximum atomic E-state index is 9.87. The van der Waals surface area contributed by atoms with Crippen molar-refractivity contribution in [3.63, 3.8) is 0 Å². The zero-order valence-electron chi connectivity index (χ0n) is 55.8. The van der Waals surface area contributed by atoms with Gasteiger partial charge in [-0.1, -0.05) is 127 Å². The Morgan fingerprint density at radius 1 is 0.385 bits per heavy atom. The molecule has 0 spiro atoms. The first-order valence-corrected chi connectivity index (χ1v) is 15.2. The quantitative estimate of drug-likeness (QED) is 0.184. The van der Waals surface area contributed by atoms with Crippen molar-refractivity contribution in [3.05, 3.63) is 181 Å². The molecule has 8 aromatic carbocycles. The van der Waals surface area contributed by atoms with Crippen LogP contribution < -0.4 is 0 Å². The number of para-hydroxylation sites is 3. The third-order valence-electron chi connectivity index (χ3n) is 8.35. The van der Waals surface area contributed by atoms with E-state index in [2.05, 4.69) is 9.97 Å². The fraction of sp³-hybridized carbons (Fsp3) is 0. The smallest absolute Gasteiger partial charge is 0.235 e. The maximum Gasteiger partial charge on any atom is 0.235 e. The van der Waals surface area contributed by atoms with Gasteiger partial charge in [-0.25, -0.2) is 9.97 Å². The predicted molar refractivity (Wildman–Crippen MR) is 217 cm³/mol. The van der Waals surface area contributed by atoms with Gasteiger partial charge in [-0.15, -0.1) is 0 Å². The molecule has 0 bridgehead atoms. The van der Waals surface area contributed by atoms with E-state index >= 15 is 0 Å². The minimum absolute atomic E-state index is 0.504. The summed E-state index contributed by atoms with van der Waals surface area (Å²) in [6.07, 6.45) is 0. The molecule has 0 aliphatic rings. The minimum atomic E-state index is -1.03. The minimum Gasteiger partial charge on any atom is -0.309 e. The number of hydrogen-bond acceptors (Lipinski definition) is 2. The van der Waals surface area contributed by atoms with Gasteiger partial charge >= 0.3 is 0 Å². The van der Waals surface area contributed by atoms with Crippen molar-refractivity contribution in [1.29, 1.82) is 0 Å². The molecular formula is C48H30N4. The second kappa shape index (κ2) is 11.2. The van der Waals surface area contributed by atoms with E-state index in [0.29, 0.717) is 0 Å². The van der Waals surface area contributed by atoms with Gasteiger partial charge in [0.25, 0.3) is 0 Å². The summed E-state index contributed by atoms with van der Waals surface area (Å²) in [5.41, 5.74) is -7.46. The van der Waals surface area contributed by atoms with Crippen molar-refractivity contribution in [2.75, 3.05) is 0 Å². The summed E-state index contributed by atoms with van der Waals surface area (Å²) in [5, 5.41) is -4.19. The van der Waals surface area contributed by atoms with E-state index in [-0.39, 0.29) is 0 Å². The van der Waals surface area contributed by atoms with Gasteiger partial charge in [-0.05, 0) is 76.3 Å². The van der Waals surface area contributed by atoms with E-state index in [1.54, 1.807) is 0 Å². The lowest BCUT2D eigenvalue weighted by Gasteiger charge is -2.13. The molecule has 52 heavy (non-hydrogen) atoms. The molecule has 0 aliphatic carbocycles. The Kier molecular flexibility index (Phi) is 2.60. The third kappa shape index (κ3) is 4.28. The topological polar surface area (TPSA) is 35.6 Å². The molecule has 11 aromatic rings. The van der Waals surface area contributed by atoms with Crippen LogP contribution in [-0.4, -0.2) is 19.1 Å². The average molecular weight is 693 g/mol. The van der Waals surface area contributed by atoms with Crippen molar-refractivity contribution in [2.24, 2.45) is 0 Å². The molecule has 3 heterocycles. The molecule has 11 rings (SSSR count). The number of aromatic nitrogens is 4. The van der Waals surface area contributed by atoms with Gasteiger partial charge in [0.1, 0.15) is 0 Å². The number of fused-ring (bicyclic) bond motifs is 9. The predicted octanol–water partition coefficient (Wildman–Crippen LogP) is 12.3. The van der Waals surface area contributed by atoms with E-state index in [1.165, 1.54) is 0 Å². The van der Waals surface area contributed by atoms with E-state index in [4.69, 9.17) is 24.7 Å². The Morgan fingerprint density at radius 3 is 1.73 bits per heavy atom. The fourth-order valence-electron chi connectivity index (χ4n) is 6.23. The molecule has 4 heteroatoms. The van der Waals surface area contributed by atoms with Crippen LogP contribution in [-0.2, 0) is 0 Å². The van der Waals surface area contributed by atoms with Crippen LogP contribution in [0, 0.1) is 0 Å². The van der Waals surface area contributed by atoms with Gasteiger partial charge < -0.3 is 4.57 Å². The normalized spacial score (nSPS) is 19.9. The number of hydrogen-bond donors (Lipinski definition) is 0. The van der Waals surface area contributed by atoms with Crippen LogP contribution >= 0.6 is 0 Å². The summed E-state index contributed by atoms with van der Waals surface area (Å²) in [5.74, 6) is -0.931. The molecule has 0 aliphatic heterocycles. The first kappa shape index (κ1) is 12.0. The third-order valence-corrected chi connectivity index (χ3v) is 8.35. The Bertz CT molecular complexity index is 4870. The van der Waals surface area contributed by atoms with Gasteiger partial charge in [-0.2, -0.15) is 0 Å². The van der Waals surface area contributed by atoms with Crippen LogP contribution in [0.15, 0.2) is 181 Å². The highest BCUT2D eigenvalue weighted by atomic mass is 15.2. The summed E-state index contributed by atoms with van der Waals surface area (Å²) >= 11 is 0. The van der Waals surface area contributed by atoms with Crippen molar-refractivity contribution in [1.82, 2.24) is 19.1 Å². The second-order valence-corrected chi connectivity index (χ2v) is 11.1. The second-order valence-electron chi connectivity index (χ2n) is 11.1. The molecule has 0 N–H and O–H groups in total. The molecule has 3 aromatic heterocycles. The lowest BCUT2D eigenvalue weighted by Crippen LogP contribution is -2.03. The Labute approximate surface area is 341 Å². The van der Waals surface area contributed by atoms with Crippen molar-refractivity contribution >= 4 is 65.3 Å². The average Bonchev–Trinajstić information content (AvgIpc) is 1.55.